The molecule has 0 bridgehead atoms. The van der Waals surface area contributed by atoms with E-state index in [1.807, 2.05) is 42.6 Å². The van der Waals surface area contributed by atoms with Crippen molar-refractivity contribution in [2.24, 2.45) is 0 Å². The van der Waals surface area contributed by atoms with Crippen LogP contribution in [0.2, 0.25) is 0 Å². The minimum atomic E-state index is -0.0470. The molecule has 0 unspecified atom stereocenters. The Morgan fingerprint density at radius 3 is 2.92 bits per heavy atom. The monoisotopic (exact) mass is 336 g/mol. The average Bonchev–Trinajstić information content (AvgIpc) is 3.16. The summed E-state index contributed by atoms with van der Waals surface area (Å²) in [6, 6.07) is 11.7. The van der Waals surface area contributed by atoms with Gasteiger partial charge in [0.05, 0.1) is 18.8 Å². The van der Waals surface area contributed by atoms with Crippen molar-refractivity contribution in [2.75, 3.05) is 25.0 Å². The highest BCUT2D eigenvalue weighted by atomic mass is 16.5. The van der Waals surface area contributed by atoms with Gasteiger partial charge in [-0.25, -0.2) is 15.0 Å². The molecule has 0 amide bonds. The first-order valence-corrected chi connectivity index (χ1v) is 8.34. The van der Waals surface area contributed by atoms with E-state index in [4.69, 9.17) is 9.72 Å². The Labute approximate surface area is 146 Å². The highest BCUT2D eigenvalue weighted by molar-refractivity contribution is 5.51. The number of morpholine rings is 1. The van der Waals surface area contributed by atoms with E-state index in [2.05, 4.69) is 25.2 Å². The summed E-state index contributed by atoms with van der Waals surface area (Å²) >= 11 is 0. The third-order valence-corrected chi connectivity index (χ3v) is 4.10. The van der Waals surface area contributed by atoms with Gasteiger partial charge < -0.3 is 15.0 Å². The number of imidazole rings is 1. The molecule has 4 rings (SSSR count). The van der Waals surface area contributed by atoms with E-state index in [-0.39, 0.29) is 6.10 Å². The molecule has 3 aromatic rings. The molecule has 1 fully saturated rings. The van der Waals surface area contributed by atoms with E-state index >= 15 is 0 Å². The molecule has 0 radical (unpaired) electrons. The number of H-pyrrole nitrogens is 1. The van der Waals surface area contributed by atoms with Crippen molar-refractivity contribution in [1.29, 1.82) is 0 Å². The van der Waals surface area contributed by atoms with Crippen molar-refractivity contribution in [3.63, 3.8) is 0 Å². The van der Waals surface area contributed by atoms with Gasteiger partial charge in [0.25, 0.3) is 0 Å². The minimum Gasteiger partial charge on any atom is -0.369 e. The van der Waals surface area contributed by atoms with Crippen molar-refractivity contribution >= 4 is 11.6 Å². The van der Waals surface area contributed by atoms with Crippen LogP contribution in [0.5, 0.6) is 0 Å². The van der Waals surface area contributed by atoms with Gasteiger partial charge in [-0.15, -0.1) is 0 Å². The fraction of sp³-hybridized carbons (Fsp3) is 0.278. The molecular weight excluding hydrogens is 316 g/mol. The molecule has 3 aromatic heterocycles. The summed E-state index contributed by atoms with van der Waals surface area (Å²) in [4.78, 5) is 18.7. The molecule has 0 aliphatic carbocycles. The van der Waals surface area contributed by atoms with E-state index < -0.39 is 0 Å². The van der Waals surface area contributed by atoms with E-state index in [1.54, 1.807) is 12.4 Å². The summed E-state index contributed by atoms with van der Waals surface area (Å²) in [6.07, 6.45) is 5.33. The quantitative estimate of drug-likeness (QED) is 0.745. The van der Waals surface area contributed by atoms with Crippen LogP contribution in [-0.4, -0.2) is 44.5 Å². The Morgan fingerprint density at radius 1 is 1.12 bits per heavy atom. The lowest BCUT2D eigenvalue weighted by Gasteiger charge is -2.32. The van der Waals surface area contributed by atoms with Crippen LogP contribution in [0.25, 0.3) is 0 Å². The second-order valence-electron chi connectivity index (χ2n) is 5.92. The molecule has 1 aliphatic rings. The third-order valence-electron chi connectivity index (χ3n) is 4.10. The molecule has 128 valence electrons. The summed E-state index contributed by atoms with van der Waals surface area (Å²) < 4.78 is 5.94. The van der Waals surface area contributed by atoms with Crippen LogP contribution < -0.4 is 5.32 Å². The Bertz CT molecular complexity index is 792. The smallest absolute Gasteiger partial charge is 0.131 e. The van der Waals surface area contributed by atoms with E-state index in [1.165, 1.54) is 0 Å². The first-order valence-electron chi connectivity index (χ1n) is 8.34. The van der Waals surface area contributed by atoms with Gasteiger partial charge in [0.1, 0.15) is 23.6 Å². The molecule has 1 saturated heterocycles. The predicted octanol–water partition coefficient (Wildman–Crippen LogP) is 2.52. The van der Waals surface area contributed by atoms with Crippen LogP contribution in [0, 0.1) is 0 Å². The van der Waals surface area contributed by atoms with Crippen LogP contribution >= 0.6 is 0 Å². The number of pyridine rings is 2. The minimum absolute atomic E-state index is 0.0470. The predicted molar refractivity (Wildman–Crippen MR) is 94.3 cm³/mol. The second-order valence-corrected chi connectivity index (χ2v) is 5.92. The van der Waals surface area contributed by atoms with E-state index in [0.29, 0.717) is 6.61 Å². The number of aromatic amines is 1. The second kappa shape index (κ2) is 7.42. The highest BCUT2D eigenvalue weighted by Gasteiger charge is 2.23. The summed E-state index contributed by atoms with van der Waals surface area (Å²) in [5, 5.41) is 3.22. The van der Waals surface area contributed by atoms with Crippen LogP contribution in [0.1, 0.15) is 17.6 Å². The topological polar surface area (TPSA) is 79.0 Å². The molecule has 2 N–H and O–H groups in total. The molecular formula is C18H20N6O. The fourth-order valence-corrected chi connectivity index (χ4v) is 2.89. The van der Waals surface area contributed by atoms with Crippen LogP contribution in [0.3, 0.4) is 0 Å². The zero-order valence-electron chi connectivity index (χ0n) is 13.8. The Morgan fingerprint density at radius 2 is 2.08 bits per heavy atom. The number of nitrogens with one attached hydrogen (secondary N) is 2. The number of hydrogen-bond donors (Lipinski definition) is 2. The average molecular weight is 336 g/mol. The zero-order chi connectivity index (χ0) is 16.9. The lowest BCUT2D eigenvalue weighted by atomic mass is 10.2. The van der Waals surface area contributed by atoms with E-state index in [9.17, 15) is 0 Å². The largest absolute Gasteiger partial charge is 0.369 e. The maximum atomic E-state index is 5.94. The SMILES string of the molecule is c1ccc(Nc2cccc([C@H]3CN(Cc4ncc[nH]4)CCO3)n2)nc1. The molecule has 0 spiro atoms. The maximum Gasteiger partial charge on any atom is 0.131 e. The molecule has 25 heavy (non-hydrogen) atoms. The molecule has 1 aliphatic heterocycles. The highest BCUT2D eigenvalue weighted by Crippen LogP contribution is 2.23. The molecule has 0 saturated carbocycles. The first kappa shape index (κ1) is 15.7. The normalized spacial score (nSPS) is 18.2. The Kier molecular flexibility index (Phi) is 4.67. The molecule has 7 heteroatoms. The van der Waals surface area contributed by atoms with Gasteiger partial charge in [0, 0.05) is 31.7 Å². The molecule has 0 aromatic carbocycles. The van der Waals surface area contributed by atoms with Crippen molar-refractivity contribution in [3.8, 4) is 0 Å². The first-order chi connectivity index (χ1) is 12.4. The standard InChI is InChI=1S/C18H20N6O/c1-2-7-19-16(5-1)23-17-6-3-4-14(22-17)15-12-24(10-11-25-15)13-18-20-8-9-21-18/h1-9,15H,10-13H2,(H,20,21)(H,19,22,23)/t15-/m1/s1. The van der Waals surface area contributed by atoms with Crippen molar-refractivity contribution < 1.29 is 4.74 Å². The lowest BCUT2D eigenvalue weighted by molar-refractivity contribution is -0.0356. The molecule has 7 nitrogen and oxygen atoms in total. The van der Waals surface area contributed by atoms with Crippen LogP contribution in [0.15, 0.2) is 55.0 Å². The number of rotatable bonds is 5. The summed E-state index contributed by atoms with van der Waals surface area (Å²) in [7, 11) is 0. The third kappa shape index (κ3) is 4.01. The van der Waals surface area contributed by atoms with Crippen molar-refractivity contribution in [2.45, 2.75) is 12.6 Å². The summed E-state index contributed by atoms with van der Waals surface area (Å²) in [6.45, 7) is 3.16. The van der Waals surface area contributed by atoms with Crippen molar-refractivity contribution in [3.05, 3.63) is 66.5 Å². The van der Waals surface area contributed by atoms with E-state index in [0.717, 1.165) is 42.8 Å². The number of ether oxygens (including phenoxy) is 1. The summed E-state index contributed by atoms with van der Waals surface area (Å²) in [5.74, 6) is 2.51. The number of hydrogen-bond acceptors (Lipinski definition) is 6. The molecule has 4 heterocycles. The molecule has 1 atom stereocenters. The van der Waals surface area contributed by atoms with Gasteiger partial charge in [-0.1, -0.05) is 12.1 Å². The van der Waals surface area contributed by atoms with Crippen LogP contribution in [0.4, 0.5) is 11.6 Å². The van der Waals surface area contributed by atoms with Gasteiger partial charge in [0.2, 0.25) is 0 Å². The Balaban J connectivity index is 1.44. The maximum absolute atomic E-state index is 5.94. The number of nitrogens with zero attached hydrogens (tertiary/aromatic N) is 4. The Hall–Kier alpha value is -2.77. The van der Waals surface area contributed by atoms with Gasteiger partial charge >= 0.3 is 0 Å². The number of aromatic nitrogens is 4. The van der Waals surface area contributed by atoms with Gasteiger partial charge in [-0.2, -0.15) is 0 Å². The van der Waals surface area contributed by atoms with Gasteiger partial charge in [-0.3, -0.25) is 4.90 Å². The van der Waals surface area contributed by atoms with Gasteiger partial charge in [-0.05, 0) is 24.3 Å². The fourth-order valence-electron chi connectivity index (χ4n) is 2.89. The zero-order valence-corrected chi connectivity index (χ0v) is 13.8. The van der Waals surface area contributed by atoms with Crippen LogP contribution in [-0.2, 0) is 11.3 Å². The van der Waals surface area contributed by atoms with Crippen molar-refractivity contribution in [1.82, 2.24) is 24.8 Å². The lowest BCUT2D eigenvalue weighted by Crippen LogP contribution is -2.38. The van der Waals surface area contributed by atoms with Gasteiger partial charge in [0.15, 0.2) is 0 Å². The summed E-state index contributed by atoms with van der Waals surface area (Å²) in [5.41, 5.74) is 0.921. The number of anilines is 2.